The highest BCUT2D eigenvalue weighted by atomic mass is 35.5. The minimum absolute atomic E-state index is 0.134. The van der Waals surface area contributed by atoms with E-state index in [4.69, 9.17) is 23.2 Å². The second kappa shape index (κ2) is 6.94. The highest BCUT2D eigenvalue weighted by Crippen LogP contribution is 2.61. The molecule has 1 aliphatic heterocycles. The van der Waals surface area contributed by atoms with E-state index in [9.17, 15) is 9.59 Å². The summed E-state index contributed by atoms with van der Waals surface area (Å²) in [5.74, 6) is -1.08. The first-order valence-electron chi connectivity index (χ1n) is 10.9. The van der Waals surface area contributed by atoms with Crippen LogP contribution in [0, 0.1) is 11.8 Å². The number of carbonyl (C=O) groups is 2. The fourth-order valence-electron chi connectivity index (χ4n) is 6.00. The van der Waals surface area contributed by atoms with Gasteiger partial charge in [-0.1, -0.05) is 79.5 Å². The molecule has 5 heteroatoms. The van der Waals surface area contributed by atoms with Crippen LogP contribution in [0.3, 0.4) is 0 Å². The number of carbonyl (C=O) groups excluding carboxylic acids is 2. The van der Waals surface area contributed by atoms with Gasteiger partial charge in [-0.05, 0) is 51.9 Å². The van der Waals surface area contributed by atoms with Gasteiger partial charge in [0.05, 0.1) is 22.5 Å². The average molecular weight is 462 g/mol. The van der Waals surface area contributed by atoms with E-state index in [1.54, 1.807) is 18.2 Å². The standard InChI is InChI=1S/C27H21Cl2NO2/c1-13(2)14-7-9-18-19(11-14)23-17-6-4-3-5-16(17)22(18)24-25(23)27(32)30(26(24)31)21-10-8-15(28)12-20(21)29/h3-13,22-25H,1-2H3/t22-,23-,24+,25-/m1/s1. The molecular weight excluding hydrogens is 441 g/mol. The summed E-state index contributed by atoms with van der Waals surface area (Å²) in [6.45, 7) is 4.35. The Hall–Kier alpha value is -2.62. The minimum Gasteiger partial charge on any atom is -0.274 e. The van der Waals surface area contributed by atoms with Crippen LogP contribution in [-0.2, 0) is 9.59 Å². The summed E-state index contributed by atoms with van der Waals surface area (Å²) in [4.78, 5) is 28.9. The minimum atomic E-state index is -0.427. The van der Waals surface area contributed by atoms with Crippen molar-refractivity contribution < 1.29 is 9.59 Å². The molecule has 2 amide bonds. The first kappa shape index (κ1) is 20.0. The van der Waals surface area contributed by atoms with Gasteiger partial charge >= 0.3 is 0 Å². The van der Waals surface area contributed by atoms with Crippen LogP contribution < -0.4 is 4.90 Å². The van der Waals surface area contributed by atoms with Crippen molar-refractivity contribution in [2.24, 2.45) is 11.8 Å². The number of benzene rings is 3. The highest BCUT2D eigenvalue weighted by molar-refractivity contribution is 6.38. The van der Waals surface area contributed by atoms with E-state index in [2.05, 4.69) is 44.2 Å². The Labute approximate surface area is 197 Å². The van der Waals surface area contributed by atoms with Gasteiger partial charge in [0.15, 0.2) is 0 Å². The summed E-state index contributed by atoms with van der Waals surface area (Å²) in [5, 5.41) is 0.777. The fourth-order valence-corrected chi connectivity index (χ4v) is 6.50. The zero-order valence-electron chi connectivity index (χ0n) is 17.7. The van der Waals surface area contributed by atoms with Crippen molar-refractivity contribution >= 4 is 40.7 Å². The van der Waals surface area contributed by atoms with E-state index in [1.807, 2.05) is 12.1 Å². The van der Waals surface area contributed by atoms with Crippen LogP contribution in [0.5, 0.6) is 0 Å². The van der Waals surface area contributed by atoms with Crippen molar-refractivity contribution in [3.63, 3.8) is 0 Å². The average Bonchev–Trinajstić information content (AvgIpc) is 3.04. The molecule has 1 saturated heterocycles. The summed E-state index contributed by atoms with van der Waals surface area (Å²) in [6.07, 6.45) is 0. The Morgan fingerprint density at radius 3 is 1.94 bits per heavy atom. The van der Waals surface area contributed by atoms with Gasteiger partial charge in [0.2, 0.25) is 11.8 Å². The molecule has 160 valence electrons. The van der Waals surface area contributed by atoms with Crippen LogP contribution in [0.2, 0.25) is 10.0 Å². The molecule has 3 aliphatic carbocycles. The van der Waals surface area contributed by atoms with E-state index < -0.39 is 11.8 Å². The summed E-state index contributed by atoms with van der Waals surface area (Å²) in [6, 6.07) is 19.8. The number of imide groups is 1. The molecule has 2 bridgehead atoms. The molecule has 3 nitrogen and oxygen atoms in total. The molecule has 7 rings (SSSR count). The maximum atomic E-state index is 13.8. The third-order valence-electron chi connectivity index (χ3n) is 7.38. The van der Waals surface area contributed by atoms with Gasteiger partial charge in [0.25, 0.3) is 0 Å². The molecule has 4 aliphatic rings. The summed E-state index contributed by atoms with van der Waals surface area (Å²) in [7, 11) is 0. The lowest BCUT2D eigenvalue weighted by molar-refractivity contribution is -0.122. The predicted molar refractivity (Wildman–Crippen MR) is 127 cm³/mol. The molecule has 0 N–H and O–H groups in total. The molecule has 4 atom stereocenters. The maximum Gasteiger partial charge on any atom is 0.238 e. The van der Waals surface area contributed by atoms with Crippen molar-refractivity contribution in [3.05, 3.63) is 98.5 Å². The smallest absolute Gasteiger partial charge is 0.238 e. The number of anilines is 1. The number of nitrogens with zero attached hydrogens (tertiary/aromatic N) is 1. The van der Waals surface area contributed by atoms with Gasteiger partial charge in [-0.25, -0.2) is 4.90 Å². The summed E-state index contributed by atoms with van der Waals surface area (Å²) < 4.78 is 0. The lowest BCUT2D eigenvalue weighted by atomic mass is 9.54. The molecule has 0 unspecified atom stereocenters. The Morgan fingerprint density at radius 1 is 0.750 bits per heavy atom. The van der Waals surface area contributed by atoms with Crippen molar-refractivity contribution in [1.82, 2.24) is 0 Å². The van der Waals surface area contributed by atoms with Crippen LogP contribution >= 0.6 is 23.2 Å². The second-order valence-electron chi connectivity index (χ2n) is 9.29. The molecule has 3 aromatic rings. The number of amides is 2. The van der Waals surface area contributed by atoms with Crippen LogP contribution in [0.15, 0.2) is 60.7 Å². The van der Waals surface area contributed by atoms with Crippen molar-refractivity contribution in [1.29, 1.82) is 0 Å². The molecular formula is C27H21Cl2NO2. The van der Waals surface area contributed by atoms with Gasteiger partial charge in [-0.15, -0.1) is 0 Å². The number of rotatable bonds is 2. The first-order chi connectivity index (χ1) is 15.4. The van der Waals surface area contributed by atoms with Gasteiger partial charge in [-0.2, -0.15) is 0 Å². The Balaban J connectivity index is 1.56. The third-order valence-corrected chi connectivity index (χ3v) is 7.92. The van der Waals surface area contributed by atoms with Crippen molar-refractivity contribution in [2.45, 2.75) is 31.6 Å². The highest BCUT2D eigenvalue weighted by Gasteiger charge is 2.62. The van der Waals surface area contributed by atoms with E-state index in [1.165, 1.54) is 21.6 Å². The van der Waals surface area contributed by atoms with Gasteiger partial charge in [0.1, 0.15) is 0 Å². The van der Waals surface area contributed by atoms with E-state index >= 15 is 0 Å². The molecule has 0 radical (unpaired) electrons. The largest absolute Gasteiger partial charge is 0.274 e. The predicted octanol–water partition coefficient (Wildman–Crippen LogP) is 6.51. The zero-order chi connectivity index (χ0) is 22.3. The maximum absolute atomic E-state index is 13.8. The van der Waals surface area contributed by atoms with Gasteiger partial charge < -0.3 is 0 Å². The topological polar surface area (TPSA) is 37.4 Å². The molecule has 32 heavy (non-hydrogen) atoms. The number of halogens is 2. The van der Waals surface area contributed by atoms with Crippen molar-refractivity contribution in [2.75, 3.05) is 4.90 Å². The summed E-state index contributed by atoms with van der Waals surface area (Å²) in [5.41, 5.74) is 6.34. The lowest BCUT2D eigenvalue weighted by Crippen LogP contribution is -2.41. The zero-order valence-corrected chi connectivity index (χ0v) is 19.2. The second-order valence-corrected chi connectivity index (χ2v) is 10.1. The third kappa shape index (κ3) is 2.55. The SMILES string of the molecule is CC(C)c1ccc2c(c1)[C@H]1c3ccccc3[C@H]2[C@@H]2C(=O)N(c3ccc(Cl)cc3Cl)C(=O)[C@H]12. The van der Waals surface area contributed by atoms with Gasteiger partial charge in [0, 0.05) is 16.9 Å². The molecule has 1 fully saturated rings. The summed E-state index contributed by atoms with van der Waals surface area (Å²) >= 11 is 12.5. The van der Waals surface area contributed by atoms with E-state index in [-0.39, 0.29) is 23.7 Å². The van der Waals surface area contributed by atoms with Crippen LogP contribution in [0.25, 0.3) is 0 Å². The molecule has 0 aromatic heterocycles. The molecule has 0 saturated carbocycles. The fraction of sp³-hybridized carbons (Fsp3) is 0.259. The monoisotopic (exact) mass is 461 g/mol. The van der Waals surface area contributed by atoms with Crippen LogP contribution in [0.1, 0.15) is 59.4 Å². The van der Waals surface area contributed by atoms with Crippen LogP contribution in [0.4, 0.5) is 5.69 Å². The Kier molecular flexibility index (Phi) is 4.34. The van der Waals surface area contributed by atoms with Crippen molar-refractivity contribution in [3.8, 4) is 0 Å². The Morgan fingerprint density at radius 2 is 1.34 bits per heavy atom. The van der Waals surface area contributed by atoms with E-state index in [0.29, 0.717) is 21.7 Å². The van der Waals surface area contributed by atoms with Gasteiger partial charge in [-0.3, -0.25) is 9.59 Å². The van der Waals surface area contributed by atoms with Crippen LogP contribution in [-0.4, -0.2) is 11.8 Å². The molecule has 3 aromatic carbocycles. The Bertz CT molecular complexity index is 1310. The lowest BCUT2D eigenvalue weighted by Gasteiger charge is -2.46. The number of hydrogen-bond acceptors (Lipinski definition) is 2. The molecule has 0 spiro atoms. The molecule has 1 heterocycles. The van der Waals surface area contributed by atoms with E-state index in [0.717, 1.165) is 11.1 Å². The first-order valence-corrected chi connectivity index (χ1v) is 11.7. The quantitative estimate of drug-likeness (QED) is 0.407. The normalized spacial score (nSPS) is 25.2. The number of hydrogen-bond donors (Lipinski definition) is 0.